The first kappa shape index (κ1) is 16.4. The molecule has 0 bridgehead atoms. The van der Waals surface area contributed by atoms with Crippen molar-refractivity contribution in [3.05, 3.63) is 76.6 Å². The Hall–Kier alpha value is -2.44. The van der Waals surface area contributed by atoms with Crippen molar-refractivity contribution in [2.24, 2.45) is 0 Å². The van der Waals surface area contributed by atoms with Crippen LogP contribution in [-0.4, -0.2) is 12.5 Å². The zero-order chi connectivity index (χ0) is 16.8. The highest BCUT2D eigenvalue weighted by molar-refractivity contribution is 7.09. The predicted molar refractivity (Wildman–Crippen MR) is 91.3 cm³/mol. The van der Waals surface area contributed by atoms with Crippen molar-refractivity contribution < 1.29 is 18.5 Å². The van der Waals surface area contributed by atoms with Gasteiger partial charge < -0.3 is 14.6 Å². The number of carbonyl (C=O) groups is 1. The summed E-state index contributed by atoms with van der Waals surface area (Å²) >= 11 is 1.65. The lowest BCUT2D eigenvalue weighted by molar-refractivity contribution is -0.920. The van der Waals surface area contributed by atoms with Gasteiger partial charge in [0, 0.05) is 0 Å². The molecule has 0 aliphatic rings. The van der Waals surface area contributed by atoms with Gasteiger partial charge in [-0.25, -0.2) is 4.39 Å². The van der Waals surface area contributed by atoms with Crippen molar-refractivity contribution in [2.45, 2.75) is 13.1 Å². The van der Waals surface area contributed by atoms with Crippen LogP contribution in [0.5, 0.6) is 0 Å². The molecule has 6 heteroatoms. The monoisotopic (exact) mass is 345 g/mol. The molecule has 3 rings (SSSR count). The van der Waals surface area contributed by atoms with Crippen LogP contribution in [0.4, 0.5) is 10.1 Å². The summed E-state index contributed by atoms with van der Waals surface area (Å²) in [6.45, 7) is 1.53. The first-order chi connectivity index (χ1) is 11.7. The van der Waals surface area contributed by atoms with Crippen molar-refractivity contribution in [3.8, 4) is 0 Å². The summed E-state index contributed by atoms with van der Waals surface area (Å²) in [5.74, 6) is 0.162. The number of halogens is 1. The van der Waals surface area contributed by atoms with E-state index in [0.29, 0.717) is 13.1 Å². The average Bonchev–Trinajstić information content (AvgIpc) is 3.23. The van der Waals surface area contributed by atoms with Gasteiger partial charge in [0.2, 0.25) is 0 Å². The molecule has 0 saturated carbocycles. The lowest BCUT2D eigenvalue weighted by Crippen LogP contribution is -3.10. The van der Waals surface area contributed by atoms with Crippen molar-refractivity contribution in [1.82, 2.24) is 0 Å². The third-order valence-electron chi connectivity index (χ3n) is 3.57. The lowest BCUT2D eigenvalue weighted by atomic mass is 10.3. The molecule has 0 radical (unpaired) electrons. The second kappa shape index (κ2) is 7.90. The minimum atomic E-state index is -0.434. The van der Waals surface area contributed by atoms with Crippen LogP contribution in [0.15, 0.2) is 64.6 Å². The Labute approximate surface area is 143 Å². The fraction of sp³-hybridized carbons (Fsp3) is 0.167. The van der Waals surface area contributed by atoms with Crippen molar-refractivity contribution in [1.29, 1.82) is 0 Å². The number of carbonyl (C=O) groups excluding carboxylic acids is 1. The number of benzene rings is 1. The van der Waals surface area contributed by atoms with E-state index in [1.54, 1.807) is 35.8 Å². The fourth-order valence-electron chi connectivity index (χ4n) is 2.49. The van der Waals surface area contributed by atoms with E-state index in [4.69, 9.17) is 4.42 Å². The second-order valence-corrected chi connectivity index (χ2v) is 6.50. The van der Waals surface area contributed by atoms with E-state index in [2.05, 4.69) is 5.32 Å². The maximum Gasteiger partial charge on any atom is 0.279 e. The van der Waals surface area contributed by atoms with Gasteiger partial charge in [0.15, 0.2) is 12.3 Å². The number of thiophene rings is 1. The number of quaternary nitrogens is 1. The van der Waals surface area contributed by atoms with Gasteiger partial charge in [0.1, 0.15) is 18.9 Å². The van der Waals surface area contributed by atoms with Gasteiger partial charge in [-0.2, -0.15) is 0 Å². The highest BCUT2D eigenvalue weighted by atomic mass is 32.1. The van der Waals surface area contributed by atoms with Gasteiger partial charge in [-0.1, -0.05) is 18.2 Å². The minimum Gasteiger partial charge on any atom is -0.463 e. The summed E-state index contributed by atoms with van der Waals surface area (Å²) in [6.07, 6.45) is 1.62. The molecule has 1 aromatic carbocycles. The summed E-state index contributed by atoms with van der Waals surface area (Å²) in [5.41, 5.74) is 0.205. The quantitative estimate of drug-likeness (QED) is 0.692. The molecule has 0 aliphatic carbocycles. The van der Waals surface area contributed by atoms with Crippen molar-refractivity contribution >= 4 is 22.9 Å². The number of para-hydroxylation sites is 1. The first-order valence-electron chi connectivity index (χ1n) is 7.63. The third-order valence-corrected chi connectivity index (χ3v) is 4.44. The van der Waals surface area contributed by atoms with Crippen LogP contribution in [0.1, 0.15) is 10.6 Å². The zero-order valence-corrected chi connectivity index (χ0v) is 13.8. The molecule has 2 aromatic heterocycles. The molecule has 1 atom stereocenters. The SMILES string of the molecule is O=C(C[NH+](Cc1ccco1)Cc1cccs1)Nc1ccccc1F. The molecule has 1 amide bonds. The molecular formula is C18H18FN2O2S+. The van der Waals surface area contributed by atoms with Gasteiger partial charge in [-0.05, 0) is 35.7 Å². The summed E-state index contributed by atoms with van der Waals surface area (Å²) in [5, 5.41) is 4.65. The molecular weight excluding hydrogens is 327 g/mol. The Bertz CT molecular complexity index is 736. The van der Waals surface area contributed by atoms with Crippen molar-refractivity contribution in [2.75, 3.05) is 11.9 Å². The lowest BCUT2D eigenvalue weighted by Gasteiger charge is -2.17. The minimum absolute atomic E-state index is 0.205. The number of anilines is 1. The Morgan fingerprint density at radius 2 is 2.00 bits per heavy atom. The predicted octanol–water partition coefficient (Wildman–Crippen LogP) is 2.70. The summed E-state index contributed by atoms with van der Waals surface area (Å²) in [7, 11) is 0. The summed E-state index contributed by atoms with van der Waals surface area (Å²) in [6, 6.07) is 13.9. The first-order valence-corrected chi connectivity index (χ1v) is 8.51. The Kier molecular flexibility index (Phi) is 5.40. The molecule has 0 aliphatic heterocycles. The van der Waals surface area contributed by atoms with Crippen LogP contribution in [0, 0.1) is 5.82 Å². The maximum atomic E-state index is 13.7. The van der Waals surface area contributed by atoms with Gasteiger partial charge in [-0.15, -0.1) is 11.3 Å². The Morgan fingerprint density at radius 1 is 1.12 bits per heavy atom. The molecule has 4 nitrogen and oxygen atoms in total. The standard InChI is InChI=1S/C18H17FN2O2S/c19-16-7-1-2-8-17(16)20-18(22)13-21(11-14-5-3-9-23-14)12-15-6-4-10-24-15/h1-10H,11-13H2,(H,20,22)/p+1. The van der Waals surface area contributed by atoms with Gasteiger partial charge in [0.05, 0.1) is 16.8 Å². The molecule has 2 heterocycles. The largest absolute Gasteiger partial charge is 0.463 e. The summed E-state index contributed by atoms with van der Waals surface area (Å²) in [4.78, 5) is 14.5. The molecule has 1 unspecified atom stereocenters. The van der Waals surface area contributed by atoms with Gasteiger partial charge in [0.25, 0.3) is 5.91 Å². The Morgan fingerprint density at radius 3 is 2.71 bits per heavy atom. The van der Waals surface area contributed by atoms with E-state index in [9.17, 15) is 9.18 Å². The number of furan rings is 1. The topological polar surface area (TPSA) is 46.7 Å². The van der Waals surface area contributed by atoms with Gasteiger partial charge in [-0.3, -0.25) is 4.79 Å². The van der Waals surface area contributed by atoms with E-state index in [-0.39, 0.29) is 18.1 Å². The average molecular weight is 345 g/mol. The smallest absolute Gasteiger partial charge is 0.279 e. The third kappa shape index (κ3) is 4.53. The highest BCUT2D eigenvalue weighted by Gasteiger charge is 2.18. The number of amides is 1. The van der Waals surface area contributed by atoms with Crippen LogP contribution in [-0.2, 0) is 17.9 Å². The van der Waals surface area contributed by atoms with Crippen LogP contribution in [0.25, 0.3) is 0 Å². The van der Waals surface area contributed by atoms with Crippen LogP contribution in [0.2, 0.25) is 0 Å². The maximum absolute atomic E-state index is 13.7. The van der Waals surface area contributed by atoms with E-state index >= 15 is 0 Å². The van der Waals surface area contributed by atoms with E-state index in [1.165, 1.54) is 10.9 Å². The van der Waals surface area contributed by atoms with E-state index in [1.807, 2.05) is 29.6 Å². The Balaban J connectivity index is 1.66. The molecule has 2 N–H and O–H groups in total. The van der Waals surface area contributed by atoms with Crippen molar-refractivity contribution in [3.63, 3.8) is 0 Å². The number of nitrogens with one attached hydrogen (secondary N) is 2. The van der Waals surface area contributed by atoms with E-state index in [0.717, 1.165) is 10.7 Å². The molecule has 0 saturated heterocycles. The molecule has 0 spiro atoms. The van der Waals surface area contributed by atoms with Crippen LogP contribution >= 0.6 is 11.3 Å². The normalized spacial score (nSPS) is 12.0. The molecule has 0 fully saturated rings. The number of hydrogen-bond acceptors (Lipinski definition) is 3. The summed E-state index contributed by atoms with van der Waals surface area (Å²) < 4.78 is 19.1. The zero-order valence-electron chi connectivity index (χ0n) is 13.0. The number of hydrogen-bond donors (Lipinski definition) is 2. The molecule has 3 aromatic rings. The fourth-order valence-corrected chi connectivity index (χ4v) is 3.27. The van der Waals surface area contributed by atoms with Gasteiger partial charge >= 0.3 is 0 Å². The molecule has 124 valence electrons. The van der Waals surface area contributed by atoms with E-state index < -0.39 is 5.82 Å². The van der Waals surface area contributed by atoms with Crippen LogP contribution < -0.4 is 10.2 Å². The second-order valence-electron chi connectivity index (χ2n) is 5.47. The highest BCUT2D eigenvalue weighted by Crippen LogP contribution is 2.12. The van der Waals surface area contributed by atoms with Crippen LogP contribution in [0.3, 0.4) is 0 Å². The molecule has 24 heavy (non-hydrogen) atoms. The number of rotatable bonds is 7.